The van der Waals surface area contributed by atoms with Crippen LogP contribution in [0.3, 0.4) is 0 Å². The first-order chi connectivity index (χ1) is 5.30. The maximum atomic E-state index is 10.9. The van der Waals surface area contributed by atoms with Crippen molar-refractivity contribution in [2.45, 2.75) is 10.0 Å². The molecule has 1 unspecified atom stereocenters. The van der Waals surface area contributed by atoms with Gasteiger partial charge in [0.25, 0.3) is 0 Å². The Kier molecular flexibility index (Phi) is 4.40. The first kappa shape index (κ1) is 12.1. The van der Waals surface area contributed by atoms with Crippen molar-refractivity contribution in [3.05, 3.63) is 0 Å². The number of halogens is 3. The third-order valence-corrected chi connectivity index (χ3v) is 1.78. The number of nitrogens with one attached hydrogen (secondary N) is 1. The van der Waals surface area contributed by atoms with E-state index in [0.29, 0.717) is 0 Å². The van der Waals surface area contributed by atoms with Crippen LogP contribution in [0, 0.1) is 0 Å². The van der Waals surface area contributed by atoms with E-state index in [0.717, 1.165) is 4.90 Å². The number of rotatable bonds is 1. The molecule has 72 valence electrons. The van der Waals surface area contributed by atoms with Gasteiger partial charge in [-0.15, -0.1) is 0 Å². The summed E-state index contributed by atoms with van der Waals surface area (Å²) in [6.45, 7) is 0. The van der Waals surface area contributed by atoms with Crippen molar-refractivity contribution in [2.75, 3.05) is 14.1 Å². The zero-order valence-electron chi connectivity index (χ0n) is 6.51. The molecule has 4 nitrogen and oxygen atoms in total. The van der Waals surface area contributed by atoms with Crippen molar-refractivity contribution in [1.82, 2.24) is 10.2 Å². The van der Waals surface area contributed by atoms with Gasteiger partial charge in [0.1, 0.15) is 0 Å². The fourth-order valence-electron chi connectivity index (χ4n) is 0.507. The van der Waals surface area contributed by atoms with Crippen LogP contribution in [0.2, 0.25) is 0 Å². The van der Waals surface area contributed by atoms with Gasteiger partial charge in [0.05, 0.1) is 0 Å². The molecule has 0 aliphatic heterocycles. The van der Waals surface area contributed by atoms with Crippen LogP contribution >= 0.6 is 34.8 Å². The van der Waals surface area contributed by atoms with E-state index in [1.807, 2.05) is 0 Å². The van der Waals surface area contributed by atoms with Crippen LogP contribution in [0.5, 0.6) is 0 Å². The monoisotopic (exact) mass is 234 g/mol. The second-order valence-corrected chi connectivity index (χ2v) is 4.45. The second-order valence-electron chi connectivity index (χ2n) is 2.08. The molecule has 0 saturated carbocycles. The van der Waals surface area contributed by atoms with Gasteiger partial charge >= 0.3 is 6.03 Å². The fourth-order valence-corrected chi connectivity index (χ4v) is 0.946. The summed E-state index contributed by atoms with van der Waals surface area (Å²) >= 11 is 16.0. The molecule has 0 aromatic carbocycles. The maximum absolute atomic E-state index is 10.9. The van der Waals surface area contributed by atoms with E-state index in [1.54, 1.807) is 0 Å². The Morgan fingerprint density at radius 2 is 2.00 bits per heavy atom. The molecule has 0 aliphatic carbocycles. The minimum atomic E-state index is -1.90. The Balaban J connectivity index is 4.29. The highest BCUT2D eigenvalue weighted by Gasteiger charge is 2.35. The van der Waals surface area contributed by atoms with Gasteiger partial charge in [0.15, 0.2) is 6.23 Å². The number of alkyl halides is 3. The van der Waals surface area contributed by atoms with E-state index in [2.05, 4.69) is 5.32 Å². The van der Waals surface area contributed by atoms with Gasteiger partial charge in [-0.1, -0.05) is 34.8 Å². The van der Waals surface area contributed by atoms with Gasteiger partial charge in [0, 0.05) is 14.1 Å². The zero-order chi connectivity index (χ0) is 9.94. The molecule has 2 N–H and O–H groups in total. The lowest BCUT2D eigenvalue weighted by Gasteiger charge is -2.28. The van der Waals surface area contributed by atoms with Crippen LogP contribution in [0.1, 0.15) is 0 Å². The van der Waals surface area contributed by atoms with E-state index >= 15 is 0 Å². The van der Waals surface area contributed by atoms with Crippen molar-refractivity contribution in [1.29, 1.82) is 0 Å². The van der Waals surface area contributed by atoms with Gasteiger partial charge in [-0.05, 0) is 0 Å². The lowest BCUT2D eigenvalue weighted by molar-refractivity contribution is 0.0505. The standard InChI is InChI=1S/C5H9Cl3N2O2/c1-9-4(12)10(2)3(11)5(6,7)8/h3,11H,1-2H3,(H,9,12). The van der Waals surface area contributed by atoms with Crippen molar-refractivity contribution in [2.24, 2.45) is 0 Å². The minimum absolute atomic E-state index is 0.533. The minimum Gasteiger partial charge on any atom is -0.369 e. The summed E-state index contributed by atoms with van der Waals surface area (Å²) in [6.07, 6.45) is -1.47. The Hall–Kier alpha value is 0.1000. The van der Waals surface area contributed by atoms with Gasteiger partial charge < -0.3 is 10.4 Å². The molecular formula is C5H9Cl3N2O2. The van der Waals surface area contributed by atoms with E-state index in [-0.39, 0.29) is 0 Å². The average molecular weight is 235 g/mol. The third-order valence-electron chi connectivity index (χ3n) is 1.19. The Morgan fingerprint density at radius 3 is 2.25 bits per heavy atom. The second kappa shape index (κ2) is 4.37. The molecular weight excluding hydrogens is 226 g/mol. The molecule has 0 aromatic heterocycles. The van der Waals surface area contributed by atoms with Crippen LogP contribution < -0.4 is 5.32 Å². The largest absolute Gasteiger partial charge is 0.369 e. The van der Waals surface area contributed by atoms with Gasteiger partial charge in [-0.2, -0.15) is 0 Å². The lowest BCUT2D eigenvalue weighted by Crippen LogP contribution is -2.48. The summed E-state index contributed by atoms with van der Waals surface area (Å²) in [5.41, 5.74) is 0. The quantitative estimate of drug-likeness (QED) is 0.525. The normalized spacial score (nSPS) is 13.8. The summed E-state index contributed by atoms with van der Waals surface area (Å²) in [5.74, 6) is 0. The van der Waals surface area contributed by atoms with Gasteiger partial charge in [-0.3, -0.25) is 4.90 Å². The number of carbonyl (C=O) groups excluding carboxylic acids is 1. The number of hydrogen-bond donors (Lipinski definition) is 2. The molecule has 1 atom stereocenters. The Morgan fingerprint density at radius 1 is 1.58 bits per heavy atom. The highest BCUT2D eigenvalue weighted by Crippen LogP contribution is 2.31. The number of hydrogen-bond acceptors (Lipinski definition) is 2. The molecule has 0 aliphatic rings. The predicted octanol–water partition coefficient (Wildman–Crippen LogP) is 0.946. The van der Waals surface area contributed by atoms with E-state index < -0.39 is 16.1 Å². The van der Waals surface area contributed by atoms with Crippen LogP contribution in [0.25, 0.3) is 0 Å². The molecule has 0 aromatic rings. The maximum Gasteiger partial charge on any atom is 0.319 e. The summed E-state index contributed by atoms with van der Waals surface area (Å²) in [4.78, 5) is 11.8. The van der Waals surface area contributed by atoms with Gasteiger partial charge in [-0.25, -0.2) is 4.79 Å². The topological polar surface area (TPSA) is 52.6 Å². The highest BCUT2D eigenvalue weighted by atomic mass is 35.6. The van der Waals surface area contributed by atoms with Gasteiger partial charge in [0.2, 0.25) is 3.79 Å². The highest BCUT2D eigenvalue weighted by molar-refractivity contribution is 6.68. The van der Waals surface area contributed by atoms with Crippen LogP contribution in [-0.4, -0.2) is 40.2 Å². The predicted molar refractivity (Wildman–Crippen MR) is 48.5 cm³/mol. The van der Waals surface area contributed by atoms with Crippen LogP contribution in [-0.2, 0) is 0 Å². The smallest absolute Gasteiger partial charge is 0.319 e. The van der Waals surface area contributed by atoms with Crippen molar-refractivity contribution >= 4 is 40.8 Å². The van der Waals surface area contributed by atoms with Crippen molar-refractivity contribution in [3.8, 4) is 0 Å². The summed E-state index contributed by atoms with van der Waals surface area (Å²) in [5, 5.41) is 11.5. The Bertz CT molecular complexity index is 171. The molecule has 0 saturated heterocycles. The molecule has 0 bridgehead atoms. The number of amides is 2. The molecule has 2 amide bonds. The zero-order valence-corrected chi connectivity index (χ0v) is 8.78. The molecule has 12 heavy (non-hydrogen) atoms. The lowest BCUT2D eigenvalue weighted by atomic mass is 10.5. The Labute approximate surface area is 85.4 Å². The summed E-state index contributed by atoms with van der Waals surface area (Å²) in [7, 11) is 2.72. The number of nitrogens with zero attached hydrogens (tertiary/aromatic N) is 1. The van der Waals surface area contributed by atoms with Crippen molar-refractivity contribution in [3.63, 3.8) is 0 Å². The van der Waals surface area contributed by atoms with Crippen LogP contribution in [0.15, 0.2) is 0 Å². The third kappa shape index (κ3) is 3.23. The molecule has 0 radical (unpaired) electrons. The first-order valence-corrected chi connectivity index (χ1v) is 4.13. The SMILES string of the molecule is CNC(=O)N(C)C(O)C(Cl)(Cl)Cl. The van der Waals surface area contributed by atoms with E-state index in [9.17, 15) is 9.90 Å². The van der Waals surface area contributed by atoms with Crippen LogP contribution in [0.4, 0.5) is 4.79 Å². The number of urea groups is 1. The molecule has 0 fully saturated rings. The fraction of sp³-hybridized carbons (Fsp3) is 0.800. The molecule has 7 heteroatoms. The number of aliphatic hydroxyl groups excluding tert-OH is 1. The molecule has 0 spiro atoms. The number of aliphatic hydroxyl groups is 1. The first-order valence-electron chi connectivity index (χ1n) is 3.00. The van der Waals surface area contributed by atoms with E-state index in [1.165, 1.54) is 14.1 Å². The average Bonchev–Trinajstić information content (AvgIpc) is 1.98. The van der Waals surface area contributed by atoms with E-state index in [4.69, 9.17) is 34.8 Å². The van der Waals surface area contributed by atoms with Crippen molar-refractivity contribution < 1.29 is 9.90 Å². The number of carbonyl (C=O) groups is 1. The molecule has 0 heterocycles. The summed E-state index contributed by atoms with van der Waals surface area (Å²) in [6, 6.07) is -0.533. The molecule has 0 rings (SSSR count). The summed E-state index contributed by atoms with van der Waals surface area (Å²) < 4.78 is -1.90.